The van der Waals surface area contributed by atoms with Gasteiger partial charge in [-0.25, -0.2) is 0 Å². The van der Waals surface area contributed by atoms with Gasteiger partial charge in [-0.15, -0.1) is 0 Å². The highest BCUT2D eigenvalue weighted by Gasteiger charge is 2.24. The third-order valence-electron chi connectivity index (χ3n) is 2.95. The molecule has 0 unspecified atom stereocenters. The van der Waals surface area contributed by atoms with Gasteiger partial charge in [0.1, 0.15) is 0 Å². The summed E-state index contributed by atoms with van der Waals surface area (Å²) in [5.74, 6) is 0.113. The summed E-state index contributed by atoms with van der Waals surface area (Å²) in [7, 11) is 0. The number of rotatable bonds is 2. The second kappa shape index (κ2) is 4.66. The van der Waals surface area contributed by atoms with Crippen LogP contribution in [-0.2, 0) is 11.2 Å². The van der Waals surface area contributed by atoms with Crippen molar-refractivity contribution in [2.75, 3.05) is 13.1 Å². The summed E-state index contributed by atoms with van der Waals surface area (Å²) in [5, 5.41) is 9.36. The molecule has 1 aliphatic rings. The maximum atomic E-state index is 11.9. The number of likely N-dealkylation sites (tertiary alicyclic amines) is 1. The van der Waals surface area contributed by atoms with Crippen LogP contribution in [0.4, 0.5) is 0 Å². The SMILES string of the molecule is Cc1cccc(CC(=O)N2CC[C@@H](O)C2)c1. The number of carbonyl (C=O) groups excluding carboxylic acids is 1. The Hall–Kier alpha value is -1.35. The van der Waals surface area contributed by atoms with E-state index >= 15 is 0 Å². The minimum atomic E-state index is -0.332. The molecule has 1 fully saturated rings. The van der Waals surface area contributed by atoms with Crippen molar-refractivity contribution in [2.45, 2.75) is 25.9 Å². The minimum absolute atomic E-state index is 0.113. The van der Waals surface area contributed by atoms with Crippen LogP contribution < -0.4 is 0 Å². The van der Waals surface area contributed by atoms with Crippen molar-refractivity contribution < 1.29 is 9.90 Å². The smallest absolute Gasteiger partial charge is 0.227 e. The molecule has 1 N–H and O–H groups in total. The zero-order valence-corrected chi connectivity index (χ0v) is 9.52. The summed E-state index contributed by atoms with van der Waals surface area (Å²) < 4.78 is 0. The van der Waals surface area contributed by atoms with Crippen LogP contribution in [0.15, 0.2) is 24.3 Å². The van der Waals surface area contributed by atoms with Gasteiger partial charge in [0.2, 0.25) is 5.91 Å². The van der Waals surface area contributed by atoms with Gasteiger partial charge in [0, 0.05) is 13.1 Å². The number of amides is 1. The van der Waals surface area contributed by atoms with Gasteiger partial charge in [-0.1, -0.05) is 29.8 Å². The number of β-amino-alcohol motifs (C(OH)–C–C–N with tert-alkyl or cyclic N) is 1. The van der Waals surface area contributed by atoms with Gasteiger partial charge in [0.25, 0.3) is 0 Å². The number of hydrogen-bond donors (Lipinski definition) is 1. The molecule has 1 aromatic rings. The Labute approximate surface area is 95.7 Å². The molecule has 1 saturated heterocycles. The van der Waals surface area contributed by atoms with E-state index in [0.717, 1.165) is 5.56 Å². The van der Waals surface area contributed by atoms with Gasteiger partial charge >= 0.3 is 0 Å². The van der Waals surface area contributed by atoms with Crippen molar-refractivity contribution in [3.8, 4) is 0 Å². The largest absolute Gasteiger partial charge is 0.391 e. The molecule has 86 valence electrons. The summed E-state index contributed by atoms with van der Waals surface area (Å²) in [6.45, 7) is 3.20. The molecule has 0 aliphatic carbocycles. The third kappa shape index (κ3) is 2.61. The van der Waals surface area contributed by atoms with Crippen molar-refractivity contribution in [1.82, 2.24) is 4.90 Å². The van der Waals surface area contributed by atoms with E-state index in [2.05, 4.69) is 0 Å². The molecule has 1 aromatic carbocycles. The molecule has 3 heteroatoms. The number of aliphatic hydroxyl groups is 1. The topological polar surface area (TPSA) is 40.5 Å². The molecule has 16 heavy (non-hydrogen) atoms. The van der Waals surface area contributed by atoms with Crippen LogP contribution in [-0.4, -0.2) is 35.1 Å². The summed E-state index contributed by atoms with van der Waals surface area (Å²) in [6.07, 6.45) is 0.815. The average Bonchev–Trinajstić information content (AvgIpc) is 2.65. The first-order valence-electron chi connectivity index (χ1n) is 5.66. The fourth-order valence-corrected chi connectivity index (χ4v) is 2.08. The molecule has 0 bridgehead atoms. The number of aryl methyl sites for hydroxylation is 1. The molecule has 3 nitrogen and oxygen atoms in total. The van der Waals surface area contributed by atoms with Crippen LogP contribution in [0, 0.1) is 6.92 Å². The predicted molar refractivity (Wildman–Crippen MR) is 62.1 cm³/mol. The van der Waals surface area contributed by atoms with Gasteiger partial charge < -0.3 is 10.0 Å². The second-order valence-corrected chi connectivity index (χ2v) is 4.45. The fourth-order valence-electron chi connectivity index (χ4n) is 2.08. The first-order valence-corrected chi connectivity index (χ1v) is 5.66. The number of aliphatic hydroxyl groups excluding tert-OH is 1. The summed E-state index contributed by atoms with van der Waals surface area (Å²) in [4.78, 5) is 13.6. The summed E-state index contributed by atoms with van der Waals surface area (Å²) >= 11 is 0. The molecule has 0 spiro atoms. The summed E-state index contributed by atoms with van der Waals surface area (Å²) in [6, 6.07) is 7.99. The first kappa shape index (κ1) is 11.1. The third-order valence-corrected chi connectivity index (χ3v) is 2.95. The first-order chi connectivity index (χ1) is 7.65. The van der Waals surface area contributed by atoms with Crippen LogP contribution in [0.3, 0.4) is 0 Å². The molecule has 1 aliphatic heterocycles. The van der Waals surface area contributed by atoms with Crippen LogP contribution in [0.1, 0.15) is 17.5 Å². The predicted octanol–water partition coefficient (Wildman–Crippen LogP) is 1.13. The van der Waals surface area contributed by atoms with E-state index in [9.17, 15) is 9.90 Å². The molecule has 1 atom stereocenters. The fraction of sp³-hybridized carbons (Fsp3) is 0.462. The Morgan fingerprint density at radius 3 is 3.00 bits per heavy atom. The van der Waals surface area contributed by atoms with Crippen LogP contribution in [0.2, 0.25) is 0 Å². The molecule has 2 rings (SSSR count). The van der Waals surface area contributed by atoms with Crippen molar-refractivity contribution in [3.63, 3.8) is 0 Å². The van der Waals surface area contributed by atoms with Gasteiger partial charge in [-0.2, -0.15) is 0 Å². The van der Waals surface area contributed by atoms with Crippen LogP contribution in [0.5, 0.6) is 0 Å². The van der Waals surface area contributed by atoms with Crippen molar-refractivity contribution in [1.29, 1.82) is 0 Å². The molecule has 0 radical (unpaired) electrons. The molecule has 1 heterocycles. The molecular formula is C13H17NO2. The lowest BCUT2D eigenvalue weighted by molar-refractivity contribution is -0.129. The van der Waals surface area contributed by atoms with Gasteiger partial charge in [-0.3, -0.25) is 4.79 Å². The van der Waals surface area contributed by atoms with Crippen LogP contribution in [0.25, 0.3) is 0 Å². The lowest BCUT2D eigenvalue weighted by Crippen LogP contribution is -2.30. The summed E-state index contributed by atoms with van der Waals surface area (Å²) in [5.41, 5.74) is 2.22. The lowest BCUT2D eigenvalue weighted by atomic mass is 10.1. The number of carbonyl (C=O) groups is 1. The van der Waals surface area contributed by atoms with Crippen molar-refractivity contribution in [2.24, 2.45) is 0 Å². The van der Waals surface area contributed by atoms with E-state index in [-0.39, 0.29) is 12.0 Å². The number of nitrogens with zero attached hydrogens (tertiary/aromatic N) is 1. The minimum Gasteiger partial charge on any atom is -0.391 e. The van der Waals surface area contributed by atoms with E-state index in [1.807, 2.05) is 31.2 Å². The Bertz CT molecular complexity index is 389. The van der Waals surface area contributed by atoms with Crippen molar-refractivity contribution in [3.05, 3.63) is 35.4 Å². The van der Waals surface area contributed by atoms with E-state index in [4.69, 9.17) is 0 Å². The quantitative estimate of drug-likeness (QED) is 0.810. The molecule has 0 aromatic heterocycles. The van der Waals surface area contributed by atoms with E-state index in [0.29, 0.717) is 25.9 Å². The van der Waals surface area contributed by atoms with Gasteiger partial charge in [-0.05, 0) is 18.9 Å². The van der Waals surface area contributed by atoms with Crippen LogP contribution >= 0.6 is 0 Å². The maximum absolute atomic E-state index is 11.9. The average molecular weight is 219 g/mol. The Morgan fingerprint density at radius 1 is 1.56 bits per heavy atom. The lowest BCUT2D eigenvalue weighted by Gasteiger charge is -2.15. The Morgan fingerprint density at radius 2 is 2.38 bits per heavy atom. The maximum Gasteiger partial charge on any atom is 0.227 e. The zero-order chi connectivity index (χ0) is 11.5. The Kier molecular flexibility index (Phi) is 3.25. The van der Waals surface area contributed by atoms with Gasteiger partial charge in [0.05, 0.1) is 12.5 Å². The standard InChI is InChI=1S/C13H17NO2/c1-10-3-2-4-11(7-10)8-13(16)14-6-5-12(15)9-14/h2-4,7,12,15H,5-6,8-9H2,1H3/t12-/m1/s1. The monoisotopic (exact) mass is 219 g/mol. The Balaban J connectivity index is 1.97. The molecular weight excluding hydrogens is 202 g/mol. The highest BCUT2D eigenvalue weighted by atomic mass is 16.3. The number of hydrogen-bond acceptors (Lipinski definition) is 2. The van der Waals surface area contributed by atoms with E-state index in [1.165, 1.54) is 5.56 Å². The highest BCUT2D eigenvalue weighted by molar-refractivity contribution is 5.79. The zero-order valence-electron chi connectivity index (χ0n) is 9.52. The van der Waals surface area contributed by atoms with Gasteiger partial charge in [0.15, 0.2) is 0 Å². The van der Waals surface area contributed by atoms with Crippen molar-refractivity contribution >= 4 is 5.91 Å². The van der Waals surface area contributed by atoms with E-state index in [1.54, 1.807) is 4.90 Å². The second-order valence-electron chi connectivity index (χ2n) is 4.45. The normalized spacial score (nSPS) is 20.1. The highest BCUT2D eigenvalue weighted by Crippen LogP contribution is 2.12. The number of benzene rings is 1. The van der Waals surface area contributed by atoms with E-state index < -0.39 is 0 Å². The molecule has 1 amide bonds. The molecule has 0 saturated carbocycles.